The lowest BCUT2D eigenvalue weighted by Crippen LogP contribution is -2.41. The van der Waals surface area contributed by atoms with Crippen LogP contribution in [0.2, 0.25) is 0 Å². The molecule has 1 aliphatic heterocycles. The fourth-order valence-electron chi connectivity index (χ4n) is 5.11. The average molecular weight is 484 g/mol. The number of aromatic nitrogens is 2. The number of carbonyl (C=O) groups excluding carboxylic acids is 3. The van der Waals surface area contributed by atoms with Gasteiger partial charge in [0.25, 0.3) is 0 Å². The van der Waals surface area contributed by atoms with Gasteiger partial charge in [0, 0.05) is 30.9 Å². The van der Waals surface area contributed by atoms with E-state index in [1.807, 2.05) is 50.7 Å². The highest BCUT2D eigenvalue weighted by Gasteiger charge is 2.32. The molecule has 9 heteroatoms. The summed E-state index contributed by atoms with van der Waals surface area (Å²) >= 11 is 0. The molecule has 0 bridgehead atoms. The van der Waals surface area contributed by atoms with Gasteiger partial charge in [0.15, 0.2) is 0 Å². The molecule has 4 rings (SSSR count). The van der Waals surface area contributed by atoms with Crippen molar-refractivity contribution >= 4 is 34.5 Å². The number of hydrogen-bond acceptors (Lipinski definition) is 6. The molecule has 1 aromatic carbocycles. The molecule has 1 saturated heterocycles. The molecular weight excluding hydrogens is 446 g/mol. The molecule has 1 aliphatic carbocycles. The van der Waals surface area contributed by atoms with E-state index in [4.69, 9.17) is 4.74 Å². The third kappa shape index (κ3) is 6.13. The quantitative estimate of drug-likeness (QED) is 0.538. The van der Waals surface area contributed by atoms with Crippen LogP contribution in [0.4, 0.5) is 10.5 Å². The Labute approximate surface area is 206 Å². The molecule has 2 heterocycles. The SMILES string of the molecule is Cn1nc(C2CCC(=O)NC2=O)c2cccc(NCC3CCC(COC(=O)NC(C)(C)C)CC3)c21. The molecule has 9 nitrogen and oxygen atoms in total. The minimum atomic E-state index is -0.408. The Balaban J connectivity index is 1.32. The van der Waals surface area contributed by atoms with Gasteiger partial charge in [0.1, 0.15) is 0 Å². The van der Waals surface area contributed by atoms with Crippen molar-refractivity contribution in [1.82, 2.24) is 20.4 Å². The molecule has 1 atom stereocenters. The maximum absolute atomic E-state index is 12.4. The molecule has 2 aliphatic rings. The first-order valence-corrected chi connectivity index (χ1v) is 12.6. The van der Waals surface area contributed by atoms with Crippen molar-refractivity contribution in [3.8, 4) is 0 Å². The predicted molar refractivity (Wildman–Crippen MR) is 134 cm³/mol. The van der Waals surface area contributed by atoms with Crippen molar-refractivity contribution in [3.05, 3.63) is 23.9 Å². The van der Waals surface area contributed by atoms with Gasteiger partial charge in [-0.05, 0) is 70.8 Å². The number of para-hydroxylation sites is 1. The first-order valence-electron chi connectivity index (χ1n) is 12.6. The number of nitrogens with zero attached hydrogens (tertiary/aromatic N) is 2. The van der Waals surface area contributed by atoms with Gasteiger partial charge in [-0.15, -0.1) is 0 Å². The largest absolute Gasteiger partial charge is 0.449 e. The zero-order valence-electron chi connectivity index (χ0n) is 21.1. The number of alkyl carbamates (subject to hydrolysis) is 1. The average Bonchev–Trinajstić information content (AvgIpc) is 3.13. The fourth-order valence-corrected chi connectivity index (χ4v) is 5.11. The second kappa shape index (κ2) is 10.3. The Bertz CT molecular complexity index is 1100. The van der Waals surface area contributed by atoms with E-state index in [1.54, 1.807) is 0 Å². The maximum Gasteiger partial charge on any atom is 0.407 e. The molecule has 35 heavy (non-hydrogen) atoms. The van der Waals surface area contributed by atoms with E-state index in [9.17, 15) is 14.4 Å². The van der Waals surface area contributed by atoms with E-state index < -0.39 is 5.92 Å². The van der Waals surface area contributed by atoms with E-state index in [2.05, 4.69) is 21.0 Å². The smallest absolute Gasteiger partial charge is 0.407 e. The number of nitrogens with one attached hydrogen (secondary N) is 3. The van der Waals surface area contributed by atoms with Crippen LogP contribution >= 0.6 is 0 Å². The van der Waals surface area contributed by atoms with Gasteiger partial charge in [0.05, 0.1) is 29.4 Å². The lowest BCUT2D eigenvalue weighted by Gasteiger charge is -2.29. The summed E-state index contributed by atoms with van der Waals surface area (Å²) in [6.45, 7) is 7.14. The van der Waals surface area contributed by atoms with Crippen molar-refractivity contribution in [1.29, 1.82) is 0 Å². The van der Waals surface area contributed by atoms with Gasteiger partial charge in [0.2, 0.25) is 11.8 Å². The van der Waals surface area contributed by atoms with Gasteiger partial charge >= 0.3 is 6.09 Å². The van der Waals surface area contributed by atoms with Gasteiger partial charge in [-0.2, -0.15) is 5.10 Å². The van der Waals surface area contributed by atoms with Gasteiger partial charge < -0.3 is 15.4 Å². The lowest BCUT2D eigenvalue weighted by molar-refractivity contribution is -0.134. The minimum absolute atomic E-state index is 0.219. The second-order valence-corrected chi connectivity index (χ2v) is 11.0. The van der Waals surface area contributed by atoms with Crippen LogP contribution in [0.15, 0.2) is 18.2 Å². The number of amides is 3. The van der Waals surface area contributed by atoms with Crippen LogP contribution in [0.3, 0.4) is 0 Å². The lowest BCUT2D eigenvalue weighted by atomic mass is 9.82. The number of imide groups is 1. The summed E-state index contributed by atoms with van der Waals surface area (Å²) in [6.07, 6.45) is 4.74. The highest BCUT2D eigenvalue weighted by molar-refractivity contribution is 6.03. The number of aryl methyl sites for hydroxylation is 1. The van der Waals surface area contributed by atoms with Crippen LogP contribution < -0.4 is 16.0 Å². The summed E-state index contributed by atoms with van der Waals surface area (Å²) in [7, 11) is 1.89. The zero-order chi connectivity index (χ0) is 25.2. The van der Waals surface area contributed by atoms with Crippen LogP contribution in [0, 0.1) is 11.8 Å². The summed E-state index contributed by atoms with van der Waals surface area (Å²) in [5, 5.41) is 14.5. The number of anilines is 1. The number of rotatable bonds is 6. The molecule has 3 amide bonds. The van der Waals surface area contributed by atoms with Crippen LogP contribution in [0.25, 0.3) is 10.9 Å². The number of hydrogen-bond donors (Lipinski definition) is 3. The molecule has 1 aromatic heterocycles. The van der Waals surface area contributed by atoms with Crippen molar-refractivity contribution in [2.45, 2.75) is 70.8 Å². The number of benzene rings is 1. The van der Waals surface area contributed by atoms with E-state index in [1.165, 1.54) is 0 Å². The van der Waals surface area contributed by atoms with Gasteiger partial charge in [-0.1, -0.05) is 12.1 Å². The first-order chi connectivity index (χ1) is 16.6. The van der Waals surface area contributed by atoms with E-state index in [0.717, 1.165) is 54.5 Å². The Kier molecular flexibility index (Phi) is 7.33. The molecule has 3 N–H and O–H groups in total. The highest BCUT2D eigenvalue weighted by atomic mass is 16.5. The third-order valence-corrected chi connectivity index (χ3v) is 6.94. The molecule has 190 valence electrons. The summed E-state index contributed by atoms with van der Waals surface area (Å²) in [6, 6.07) is 6.03. The summed E-state index contributed by atoms with van der Waals surface area (Å²) < 4.78 is 7.25. The maximum atomic E-state index is 12.4. The summed E-state index contributed by atoms with van der Waals surface area (Å²) in [4.78, 5) is 35.9. The van der Waals surface area contributed by atoms with Crippen LogP contribution in [0.5, 0.6) is 0 Å². The van der Waals surface area contributed by atoms with E-state index in [0.29, 0.717) is 31.3 Å². The third-order valence-electron chi connectivity index (χ3n) is 6.94. The van der Waals surface area contributed by atoms with Crippen LogP contribution in [-0.4, -0.2) is 46.4 Å². The van der Waals surface area contributed by atoms with Crippen molar-refractivity contribution < 1.29 is 19.1 Å². The predicted octanol–water partition coefficient (Wildman–Crippen LogP) is 3.84. The van der Waals surface area contributed by atoms with Crippen molar-refractivity contribution in [3.63, 3.8) is 0 Å². The Morgan fingerprint density at radius 1 is 1.14 bits per heavy atom. The Hall–Kier alpha value is -3.10. The van der Waals surface area contributed by atoms with E-state index >= 15 is 0 Å². The minimum Gasteiger partial charge on any atom is -0.449 e. The molecule has 0 spiro atoms. The molecular formula is C26H37N5O4. The van der Waals surface area contributed by atoms with Gasteiger partial charge in [-0.25, -0.2) is 4.79 Å². The second-order valence-electron chi connectivity index (χ2n) is 11.0. The zero-order valence-corrected chi connectivity index (χ0v) is 21.1. The van der Waals surface area contributed by atoms with Gasteiger partial charge in [-0.3, -0.25) is 19.6 Å². The molecule has 1 saturated carbocycles. The number of carbonyl (C=O) groups is 3. The normalized spacial score (nSPS) is 23.1. The number of ether oxygens (including phenoxy) is 1. The molecule has 1 unspecified atom stereocenters. The Morgan fingerprint density at radius 2 is 1.86 bits per heavy atom. The topological polar surface area (TPSA) is 114 Å². The van der Waals surface area contributed by atoms with E-state index in [-0.39, 0.29) is 23.4 Å². The first kappa shape index (κ1) is 25.0. The Morgan fingerprint density at radius 3 is 2.54 bits per heavy atom. The summed E-state index contributed by atoms with van der Waals surface area (Å²) in [5.41, 5.74) is 2.41. The molecule has 2 fully saturated rings. The number of fused-ring (bicyclic) bond motifs is 1. The number of piperidine rings is 1. The van der Waals surface area contributed by atoms with Crippen molar-refractivity contribution in [2.24, 2.45) is 18.9 Å². The monoisotopic (exact) mass is 483 g/mol. The molecule has 2 aromatic rings. The van der Waals surface area contributed by atoms with Crippen LogP contribution in [-0.2, 0) is 21.4 Å². The highest BCUT2D eigenvalue weighted by Crippen LogP contribution is 2.34. The fraction of sp³-hybridized carbons (Fsp3) is 0.615. The summed E-state index contributed by atoms with van der Waals surface area (Å²) in [5.74, 6) is 0.0652. The van der Waals surface area contributed by atoms with Crippen LogP contribution in [0.1, 0.15) is 70.9 Å². The molecule has 0 radical (unpaired) electrons. The standard InChI is InChI=1S/C26H37N5O4/c1-26(2,3)29-25(34)35-15-17-10-8-16(9-11-17)14-27-20-7-5-6-18-22(30-31(4)23(18)20)19-12-13-21(32)28-24(19)33/h5-7,16-17,19,27H,8-15H2,1-4H3,(H,29,34)(H,28,32,33). The van der Waals surface area contributed by atoms with Crippen molar-refractivity contribution in [2.75, 3.05) is 18.5 Å².